The van der Waals surface area contributed by atoms with Gasteiger partial charge in [0.1, 0.15) is 0 Å². The topological polar surface area (TPSA) is 32.3 Å². The number of hydrogen-bond acceptors (Lipinski definition) is 3. The second-order valence-corrected chi connectivity index (χ2v) is 13.2. The van der Waals surface area contributed by atoms with E-state index in [1.807, 2.05) is 0 Å². The van der Waals surface area contributed by atoms with Crippen molar-refractivity contribution in [1.29, 1.82) is 0 Å². The van der Waals surface area contributed by atoms with Crippen LogP contribution >= 0.6 is 0 Å². The van der Waals surface area contributed by atoms with Crippen molar-refractivity contribution < 1.29 is 4.79 Å². The Morgan fingerprint density at radius 3 is 2.53 bits per heavy atom. The Labute approximate surface area is 208 Å². The zero-order valence-electron chi connectivity index (χ0n) is 22.6. The van der Waals surface area contributed by atoms with E-state index in [2.05, 4.69) is 70.2 Å². The van der Waals surface area contributed by atoms with Crippen LogP contribution in [0.1, 0.15) is 79.1 Å². The highest BCUT2D eigenvalue weighted by atomic mass is 16.1. The van der Waals surface area contributed by atoms with E-state index in [-0.39, 0.29) is 17.4 Å². The highest BCUT2D eigenvalue weighted by molar-refractivity contribution is 5.88. The molecule has 0 aromatic rings. The van der Waals surface area contributed by atoms with Crippen LogP contribution in [0.15, 0.2) is 34.9 Å². The van der Waals surface area contributed by atoms with Gasteiger partial charge < -0.3 is 5.32 Å². The third kappa shape index (κ3) is 3.81. The maximum absolute atomic E-state index is 13.5. The summed E-state index contributed by atoms with van der Waals surface area (Å²) in [5.41, 5.74) is 5.43. The Hall–Kier alpha value is -1.19. The molecule has 8 atom stereocenters. The molecule has 1 aliphatic heterocycles. The highest BCUT2D eigenvalue weighted by Gasteiger charge is 2.59. The first-order valence-electron chi connectivity index (χ1n) is 14.1. The number of fused-ring (bicyclic) bond motifs is 5. The molecule has 1 heterocycles. The average molecular weight is 465 g/mol. The lowest BCUT2D eigenvalue weighted by Crippen LogP contribution is -2.55. The molecule has 4 aliphatic carbocycles. The van der Waals surface area contributed by atoms with Gasteiger partial charge in [-0.3, -0.25) is 9.69 Å². The van der Waals surface area contributed by atoms with E-state index in [4.69, 9.17) is 0 Å². The van der Waals surface area contributed by atoms with E-state index in [0.29, 0.717) is 23.0 Å². The predicted octanol–water partition coefficient (Wildman–Crippen LogP) is 6.18. The van der Waals surface area contributed by atoms with Crippen LogP contribution in [-0.2, 0) is 4.79 Å². The Balaban J connectivity index is 1.36. The number of ketones is 1. The Morgan fingerprint density at radius 1 is 1.06 bits per heavy atom. The smallest absolute Gasteiger partial charge is 0.153 e. The minimum Gasteiger partial charge on any atom is -0.313 e. The number of hydrogen-bond donors (Lipinski definition) is 1. The van der Waals surface area contributed by atoms with Crippen molar-refractivity contribution in [3.8, 4) is 0 Å². The van der Waals surface area contributed by atoms with Gasteiger partial charge in [0.05, 0.1) is 6.04 Å². The van der Waals surface area contributed by atoms with Crippen molar-refractivity contribution in [1.82, 2.24) is 10.2 Å². The van der Waals surface area contributed by atoms with Crippen LogP contribution in [0.2, 0.25) is 0 Å². The van der Waals surface area contributed by atoms with E-state index in [9.17, 15) is 4.79 Å². The first kappa shape index (κ1) is 24.5. The Kier molecular flexibility index (Phi) is 6.51. The zero-order valence-corrected chi connectivity index (χ0v) is 22.6. The number of nitrogens with one attached hydrogen (secondary N) is 1. The molecule has 0 aromatic heterocycles. The standard InChI is InChI=1S/C31H48N2O/c1-20(7-8-22-15-18-32-19-21(22)2)24-11-12-25-23-9-10-27-29(34)28(33(5)6)14-17-31(27,4)26(23)13-16-30(24,25)3/h7-9,20,24-28,32H,10-19H2,1-6H3/b8-7+/t20-,24+,25-,26-,27-,28-,30+,31+/m0/s1. The minimum absolute atomic E-state index is 0.129. The Morgan fingerprint density at radius 2 is 1.79 bits per heavy atom. The van der Waals surface area contributed by atoms with Crippen LogP contribution in [0, 0.1) is 40.4 Å². The number of Topliss-reactive ketones (excluding diaryl/α,β-unsaturated/α-hetero) is 1. The molecule has 0 saturated heterocycles. The molecule has 0 amide bonds. The molecule has 0 radical (unpaired) electrons. The molecule has 3 fully saturated rings. The fourth-order valence-electron chi connectivity index (χ4n) is 9.24. The van der Waals surface area contributed by atoms with Gasteiger partial charge >= 0.3 is 0 Å². The maximum Gasteiger partial charge on any atom is 0.153 e. The zero-order chi connectivity index (χ0) is 24.3. The number of likely N-dealkylation sites (N-methyl/N-ethyl adjacent to an activating group) is 1. The second kappa shape index (κ2) is 9.04. The molecular weight excluding hydrogens is 416 g/mol. The SMILES string of the molecule is CC1=C(/C=C/[C@H](C)[C@H]2CC[C@H]3C4=CC[C@H]5C(=O)[C@@H](N(C)C)CC[C@]5(C)[C@H]4CC[C@]23C)CCNC1. The lowest BCUT2D eigenvalue weighted by molar-refractivity contribution is -0.140. The van der Waals surface area contributed by atoms with E-state index >= 15 is 0 Å². The molecule has 3 saturated carbocycles. The molecule has 188 valence electrons. The molecular formula is C31H48N2O. The van der Waals surface area contributed by atoms with E-state index in [1.165, 1.54) is 44.1 Å². The van der Waals surface area contributed by atoms with Crippen molar-refractivity contribution >= 4 is 5.78 Å². The largest absolute Gasteiger partial charge is 0.313 e. The predicted molar refractivity (Wildman–Crippen MR) is 142 cm³/mol. The molecule has 3 heteroatoms. The van der Waals surface area contributed by atoms with Crippen LogP contribution in [0.25, 0.3) is 0 Å². The molecule has 5 rings (SSSR count). The number of rotatable bonds is 4. The van der Waals surface area contributed by atoms with Crippen LogP contribution in [0.4, 0.5) is 0 Å². The summed E-state index contributed by atoms with van der Waals surface area (Å²) in [4.78, 5) is 15.6. The van der Waals surface area contributed by atoms with Crippen molar-refractivity contribution in [2.24, 2.45) is 40.4 Å². The van der Waals surface area contributed by atoms with E-state index in [0.717, 1.165) is 37.8 Å². The van der Waals surface area contributed by atoms with Gasteiger partial charge in [0.25, 0.3) is 0 Å². The monoisotopic (exact) mass is 464 g/mol. The lowest BCUT2D eigenvalue weighted by atomic mass is 9.47. The van der Waals surface area contributed by atoms with Crippen molar-refractivity contribution in [2.75, 3.05) is 27.2 Å². The van der Waals surface area contributed by atoms with E-state index in [1.54, 1.807) is 11.1 Å². The van der Waals surface area contributed by atoms with Gasteiger partial charge in [-0.15, -0.1) is 0 Å². The number of allylic oxidation sites excluding steroid dienone is 4. The summed E-state index contributed by atoms with van der Waals surface area (Å²) in [7, 11) is 4.16. The summed E-state index contributed by atoms with van der Waals surface area (Å²) in [5, 5.41) is 3.49. The van der Waals surface area contributed by atoms with Gasteiger partial charge in [-0.25, -0.2) is 0 Å². The summed E-state index contributed by atoms with van der Waals surface area (Å²) in [6.07, 6.45) is 17.3. The minimum atomic E-state index is 0.129. The van der Waals surface area contributed by atoms with Gasteiger partial charge in [0.15, 0.2) is 5.78 Å². The van der Waals surface area contributed by atoms with Crippen molar-refractivity contribution in [3.63, 3.8) is 0 Å². The molecule has 0 unspecified atom stereocenters. The molecule has 0 spiro atoms. The third-order valence-corrected chi connectivity index (χ3v) is 11.4. The van der Waals surface area contributed by atoms with Crippen molar-refractivity contribution in [2.45, 2.75) is 85.1 Å². The lowest BCUT2D eigenvalue weighted by Gasteiger charge is -2.57. The van der Waals surface area contributed by atoms with Gasteiger partial charge in [0, 0.05) is 12.5 Å². The first-order valence-corrected chi connectivity index (χ1v) is 14.1. The second-order valence-electron chi connectivity index (χ2n) is 13.2. The molecule has 3 nitrogen and oxygen atoms in total. The van der Waals surface area contributed by atoms with Gasteiger partial charge in [0.2, 0.25) is 0 Å². The number of carbonyl (C=O) groups excluding carboxylic acids is 1. The average Bonchev–Trinajstić information content (AvgIpc) is 3.15. The highest BCUT2D eigenvalue weighted by Crippen LogP contribution is 2.66. The summed E-state index contributed by atoms with van der Waals surface area (Å²) in [6, 6.07) is 0.129. The summed E-state index contributed by atoms with van der Waals surface area (Å²) in [6.45, 7) is 12.0. The molecule has 34 heavy (non-hydrogen) atoms. The molecule has 0 aromatic carbocycles. The van der Waals surface area contributed by atoms with Gasteiger partial charge in [-0.05, 0) is 119 Å². The summed E-state index contributed by atoms with van der Waals surface area (Å²) in [5.74, 6) is 3.51. The summed E-state index contributed by atoms with van der Waals surface area (Å²) < 4.78 is 0. The van der Waals surface area contributed by atoms with Crippen LogP contribution < -0.4 is 5.32 Å². The molecule has 1 N–H and O–H groups in total. The normalized spacial score (nSPS) is 43.6. The van der Waals surface area contributed by atoms with Crippen LogP contribution in [0.3, 0.4) is 0 Å². The van der Waals surface area contributed by atoms with Crippen LogP contribution in [0.5, 0.6) is 0 Å². The summed E-state index contributed by atoms with van der Waals surface area (Å²) >= 11 is 0. The fraction of sp³-hybridized carbons (Fsp3) is 0.774. The third-order valence-electron chi connectivity index (χ3n) is 11.4. The van der Waals surface area contributed by atoms with Gasteiger partial charge in [-0.2, -0.15) is 0 Å². The molecule has 5 aliphatic rings. The van der Waals surface area contributed by atoms with E-state index < -0.39 is 0 Å². The van der Waals surface area contributed by atoms with Gasteiger partial charge in [-0.1, -0.05) is 50.1 Å². The Bertz CT molecular complexity index is 912. The van der Waals surface area contributed by atoms with Crippen LogP contribution in [-0.4, -0.2) is 43.9 Å². The number of carbonyl (C=O) groups is 1. The number of nitrogens with zero attached hydrogens (tertiary/aromatic N) is 1. The maximum atomic E-state index is 13.5. The molecule has 0 bridgehead atoms. The fourth-order valence-corrected chi connectivity index (χ4v) is 9.24. The van der Waals surface area contributed by atoms with Crippen molar-refractivity contribution in [3.05, 3.63) is 34.9 Å². The first-order chi connectivity index (χ1) is 16.2. The quantitative estimate of drug-likeness (QED) is 0.505.